The van der Waals surface area contributed by atoms with Gasteiger partial charge in [-0.25, -0.2) is 4.98 Å². The minimum atomic E-state index is 0.831. The zero-order valence-electron chi connectivity index (χ0n) is 10.1. The summed E-state index contributed by atoms with van der Waals surface area (Å²) in [5.74, 6) is 0. The van der Waals surface area contributed by atoms with Gasteiger partial charge in [-0.1, -0.05) is 12.2 Å². The summed E-state index contributed by atoms with van der Waals surface area (Å²) in [5.41, 5.74) is 1.18. The molecule has 0 unspecified atom stereocenters. The molecule has 1 heterocycles. The summed E-state index contributed by atoms with van der Waals surface area (Å²) in [6.07, 6.45) is 9.39. The first kappa shape index (κ1) is 11.8. The second-order valence-electron chi connectivity index (χ2n) is 4.44. The lowest BCUT2D eigenvalue weighted by Gasteiger charge is -1.96. The van der Waals surface area contributed by atoms with Crippen LogP contribution in [0.15, 0.2) is 12.2 Å². The van der Waals surface area contributed by atoms with Gasteiger partial charge in [-0.3, -0.25) is 0 Å². The van der Waals surface area contributed by atoms with Gasteiger partial charge in [-0.2, -0.15) is 0 Å². The highest BCUT2D eigenvalue weighted by atomic mass is 32.1. The van der Waals surface area contributed by atoms with Crippen molar-refractivity contribution in [1.29, 1.82) is 0 Å². The molecule has 0 bridgehead atoms. The maximum atomic E-state index is 4.52. The van der Waals surface area contributed by atoms with Gasteiger partial charge in [-0.05, 0) is 39.7 Å². The van der Waals surface area contributed by atoms with Crippen molar-refractivity contribution in [2.24, 2.45) is 0 Å². The predicted molar refractivity (Wildman–Crippen MR) is 70.1 cm³/mol. The topological polar surface area (TPSA) is 24.9 Å². The number of hydrogen-bond acceptors (Lipinski definition) is 3. The van der Waals surface area contributed by atoms with E-state index in [0.29, 0.717) is 0 Å². The maximum absolute atomic E-state index is 4.52. The lowest BCUT2D eigenvalue weighted by atomic mass is 10.3. The Kier molecular flexibility index (Phi) is 4.13. The molecule has 2 rings (SSSR count). The van der Waals surface area contributed by atoms with Gasteiger partial charge in [0, 0.05) is 17.3 Å². The van der Waals surface area contributed by atoms with Gasteiger partial charge in [0.05, 0.1) is 10.7 Å². The molecule has 88 valence electrons. The number of aryl methyl sites for hydroxylation is 2. The van der Waals surface area contributed by atoms with E-state index in [1.54, 1.807) is 0 Å². The van der Waals surface area contributed by atoms with E-state index in [4.69, 9.17) is 0 Å². The van der Waals surface area contributed by atoms with Crippen LogP contribution in [0.2, 0.25) is 0 Å². The molecule has 1 aliphatic carbocycles. The van der Waals surface area contributed by atoms with E-state index in [9.17, 15) is 0 Å². The van der Waals surface area contributed by atoms with E-state index in [1.807, 2.05) is 11.3 Å². The highest BCUT2D eigenvalue weighted by molar-refractivity contribution is 7.11. The van der Waals surface area contributed by atoms with E-state index < -0.39 is 0 Å². The minimum absolute atomic E-state index is 0.831. The predicted octanol–water partition coefficient (Wildman–Crippen LogP) is 3.00. The quantitative estimate of drug-likeness (QED) is 0.606. The molecule has 3 heteroatoms. The van der Waals surface area contributed by atoms with Gasteiger partial charge in [0.15, 0.2) is 0 Å². The molecular weight excluding hydrogens is 216 g/mol. The van der Waals surface area contributed by atoms with E-state index in [-0.39, 0.29) is 0 Å². The third kappa shape index (κ3) is 3.72. The molecule has 0 saturated heterocycles. The van der Waals surface area contributed by atoms with E-state index in [2.05, 4.69) is 36.3 Å². The summed E-state index contributed by atoms with van der Waals surface area (Å²) in [7, 11) is 0. The molecule has 0 aliphatic heterocycles. The highest BCUT2D eigenvalue weighted by Crippen LogP contribution is 2.18. The molecule has 0 spiro atoms. The molecular formula is C13H20N2S. The third-order valence-corrected chi connectivity index (χ3v) is 3.95. The molecule has 1 aliphatic rings. The number of thiazole rings is 1. The van der Waals surface area contributed by atoms with Gasteiger partial charge in [0.1, 0.15) is 0 Å². The van der Waals surface area contributed by atoms with Crippen LogP contribution in [0.4, 0.5) is 0 Å². The van der Waals surface area contributed by atoms with Crippen LogP contribution in [-0.4, -0.2) is 17.6 Å². The van der Waals surface area contributed by atoms with E-state index in [1.165, 1.54) is 28.4 Å². The molecule has 0 atom stereocenters. The summed E-state index contributed by atoms with van der Waals surface area (Å²) in [6, 6.07) is 0.831. The van der Waals surface area contributed by atoms with Crippen molar-refractivity contribution in [3.63, 3.8) is 0 Å². The average Bonchev–Trinajstić information content (AvgIpc) is 3.01. The van der Waals surface area contributed by atoms with E-state index in [0.717, 1.165) is 25.4 Å². The van der Waals surface area contributed by atoms with Crippen LogP contribution < -0.4 is 5.32 Å². The molecule has 0 aromatic carbocycles. The van der Waals surface area contributed by atoms with Gasteiger partial charge in [-0.15, -0.1) is 11.3 Å². The Balaban J connectivity index is 1.63. The summed E-state index contributed by atoms with van der Waals surface area (Å²) >= 11 is 1.82. The zero-order valence-corrected chi connectivity index (χ0v) is 10.9. The van der Waals surface area contributed by atoms with Crippen LogP contribution in [-0.2, 0) is 6.42 Å². The fourth-order valence-corrected chi connectivity index (χ4v) is 2.50. The Bertz CT molecular complexity index is 345. The first-order valence-corrected chi connectivity index (χ1v) is 6.88. The maximum Gasteiger partial charge on any atom is 0.0968 e. The van der Waals surface area contributed by atoms with Crippen molar-refractivity contribution in [2.45, 2.75) is 45.6 Å². The van der Waals surface area contributed by atoms with Crippen LogP contribution in [0.5, 0.6) is 0 Å². The standard InChI is InChI=1S/C13H20N2S/c1-10-11(2)16-13(15-10)6-4-3-5-9-14-12-7-8-12/h3-4,12,14H,5-9H2,1-2H3. The van der Waals surface area contributed by atoms with Crippen molar-refractivity contribution < 1.29 is 0 Å². The molecule has 0 amide bonds. The van der Waals surface area contributed by atoms with Gasteiger partial charge in [0.2, 0.25) is 0 Å². The van der Waals surface area contributed by atoms with Gasteiger partial charge < -0.3 is 5.32 Å². The van der Waals surface area contributed by atoms with Crippen molar-refractivity contribution in [1.82, 2.24) is 10.3 Å². The second kappa shape index (κ2) is 5.60. The fraction of sp³-hybridized carbons (Fsp3) is 0.615. The normalized spacial score (nSPS) is 16.1. The van der Waals surface area contributed by atoms with Crippen molar-refractivity contribution in [3.8, 4) is 0 Å². The van der Waals surface area contributed by atoms with Gasteiger partial charge in [0.25, 0.3) is 0 Å². The molecule has 1 aromatic heterocycles. The van der Waals surface area contributed by atoms with Crippen LogP contribution in [0.25, 0.3) is 0 Å². The number of aromatic nitrogens is 1. The summed E-state index contributed by atoms with van der Waals surface area (Å²) < 4.78 is 0. The molecule has 0 radical (unpaired) electrons. The van der Waals surface area contributed by atoms with Crippen molar-refractivity contribution in [3.05, 3.63) is 27.7 Å². The lowest BCUT2D eigenvalue weighted by Crippen LogP contribution is -2.16. The zero-order chi connectivity index (χ0) is 11.4. The number of hydrogen-bond donors (Lipinski definition) is 1. The monoisotopic (exact) mass is 236 g/mol. The summed E-state index contributed by atoms with van der Waals surface area (Å²) in [6.45, 7) is 5.34. The highest BCUT2D eigenvalue weighted by Gasteiger charge is 2.19. The van der Waals surface area contributed by atoms with Crippen LogP contribution in [0.3, 0.4) is 0 Å². The summed E-state index contributed by atoms with van der Waals surface area (Å²) in [4.78, 5) is 5.86. The third-order valence-electron chi connectivity index (χ3n) is 2.85. The number of nitrogens with one attached hydrogen (secondary N) is 1. The Morgan fingerprint density at radius 2 is 2.19 bits per heavy atom. The Morgan fingerprint density at radius 1 is 1.38 bits per heavy atom. The first-order chi connectivity index (χ1) is 7.75. The number of allylic oxidation sites excluding steroid dienone is 1. The second-order valence-corrected chi connectivity index (χ2v) is 5.73. The molecule has 2 nitrogen and oxygen atoms in total. The lowest BCUT2D eigenvalue weighted by molar-refractivity contribution is 0.690. The Hall–Kier alpha value is -0.670. The van der Waals surface area contributed by atoms with Crippen molar-refractivity contribution >= 4 is 11.3 Å². The Morgan fingerprint density at radius 3 is 2.81 bits per heavy atom. The van der Waals surface area contributed by atoms with Crippen LogP contribution >= 0.6 is 11.3 Å². The van der Waals surface area contributed by atoms with Crippen LogP contribution in [0, 0.1) is 13.8 Å². The molecule has 1 fully saturated rings. The minimum Gasteiger partial charge on any atom is -0.314 e. The smallest absolute Gasteiger partial charge is 0.0968 e. The SMILES string of the molecule is Cc1nc(CC=CCCNC2CC2)sc1C. The largest absolute Gasteiger partial charge is 0.314 e. The van der Waals surface area contributed by atoms with Crippen LogP contribution in [0.1, 0.15) is 34.8 Å². The summed E-state index contributed by atoms with van der Waals surface area (Å²) in [5, 5.41) is 4.74. The molecule has 1 N–H and O–H groups in total. The van der Waals surface area contributed by atoms with Gasteiger partial charge >= 0.3 is 0 Å². The molecule has 1 aromatic rings. The molecule has 1 saturated carbocycles. The fourth-order valence-electron chi connectivity index (χ4n) is 1.59. The van der Waals surface area contributed by atoms with Crippen molar-refractivity contribution in [2.75, 3.05) is 6.54 Å². The average molecular weight is 236 g/mol. The van der Waals surface area contributed by atoms with E-state index >= 15 is 0 Å². The Labute approximate surface area is 102 Å². The number of rotatable bonds is 6. The first-order valence-electron chi connectivity index (χ1n) is 6.07. The number of nitrogens with zero attached hydrogens (tertiary/aromatic N) is 1. The molecule has 16 heavy (non-hydrogen) atoms.